The van der Waals surface area contributed by atoms with Gasteiger partial charge in [0.25, 0.3) is 0 Å². The summed E-state index contributed by atoms with van der Waals surface area (Å²) in [6.45, 7) is 4.35. The van der Waals surface area contributed by atoms with Gasteiger partial charge in [0.05, 0.1) is 31.5 Å². The number of hydrogen-bond donors (Lipinski definition) is 2. The van der Waals surface area contributed by atoms with Crippen molar-refractivity contribution in [3.63, 3.8) is 0 Å². The maximum absolute atomic E-state index is 12.9. The number of carbonyl (C=O) groups is 2. The summed E-state index contributed by atoms with van der Waals surface area (Å²) in [5, 5.41) is 12.8. The van der Waals surface area contributed by atoms with E-state index in [4.69, 9.17) is 4.74 Å². The van der Waals surface area contributed by atoms with Gasteiger partial charge in [-0.15, -0.1) is 0 Å². The van der Waals surface area contributed by atoms with Crippen molar-refractivity contribution in [3.05, 3.63) is 59.7 Å². The second kappa shape index (κ2) is 9.55. The molecule has 2 fully saturated rings. The van der Waals surface area contributed by atoms with Gasteiger partial charge in [-0.3, -0.25) is 4.79 Å². The summed E-state index contributed by atoms with van der Waals surface area (Å²) < 4.78 is 5.30. The molecule has 172 valence electrons. The molecule has 2 aliphatic heterocycles. The Balaban J connectivity index is 1.51. The summed E-state index contributed by atoms with van der Waals surface area (Å²) in [4.78, 5) is 29.0. The highest BCUT2D eigenvalue weighted by Crippen LogP contribution is 2.43. The Labute approximate surface area is 194 Å². The smallest absolute Gasteiger partial charge is 0.322 e. The molecule has 0 spiro atoms. The van der Waals surface area contributed by atoms with Crippen molar-refractivity contribution in [2.75, 3.05) is 32.1 Å². The van der Waals surface area contributed by atoms with Gasteiger partial charge in [-0.1, -0.05) is 50.0 Å². The molecule has 7 nitrogen and oxygen atoms in total. The Morgan fingerprint density at radius 2 is 1.94 bits per heavy atom. The number of fused-ring (bicyclic) bond motifs is 1. The fourth-order valence-corrected chi connectivity index (χ4v) is 4.61. The number of methoxy groups -OCH3 is 1. The van der Waals surface area contributed by atoms with Gasteiger partial charge in [0.2, 0.25) is 5.91 Å². The summed E-state index contributed by atoms with van der Waals surface area (Å²) in [7, 11) is 1.54. The van der Waals surface area contributed by atoms with Crippen LogP contribution in [0.25, 0.3) is 0 Å². The molecule has 0 aliphatic carbocycles. The van der Waals surface area contributed by atoms with Crippen LogP contribution in [0.5, 0.6) is 5.75 Å². The second-order valence-corrected chi connectivity index (χ2v) is 8.70. The zero-order valence-electron chi connectivity index (χ0n) is 19.1. The van der Waals surface area contributed by atoms with Gasteiger partial charge in [-0.2, -0.15) is 0 Å². The van der Waals surface area contributed by atoms with Crippen molar-refractivity contribution in [1.82, 2.24) is 9.80 Å². The molecule has 4 rings (SSSR count). The molecular formula is C26H29N3O4. The van der Waals surface area contributed by atoms with E-state index >= 15 is 0 Å². The van der Waals surface area contributed by atoms with E-state index in [9.17, 15) is 14.7 Å². The predicted molar refractivity (Wildman–Crippen MR) is 126 cm³/mol. The van der Waals surface area contributed by atoms with Gasteiger partial charge < -0.3 is 25.0 Å². The number of urea groups is 1. The molecule has 3 amide bonds. The van der Waals surface area contributed by atoms with Crippen LogP contribution in [0, 0.1) is 17.8 Å². The first-order chi connectivity index (χ1) is 15.9. The molecule has 33 heavy (non-hydrogen) atoms. The van der Waals surface area contributed by atoms with E-state index in [0.717, 1.165) is 11.1 Å². The fourth-order valence-electron chi connectivity index (χ4n) is 4.61. The minimum absolute atomic E-state index is 0.0234. The number of piperazine rings is 1. The Morgan fingerprint density at radius 3 is 2.61 bits per heavy atom. The van der Waals surface area contributed by atoms with Crippen molar-refractivity contribution >= 4 is 17.6 Å². The van der Waals surface area contributed by atoms with Crippen LogP contribution in [-0.2, 0) is 4.79 Å². The molecule has 2 aromatic carbocycles. The van der Waals surface area contributed by atoms with Gasteiger partial charge in [0.15, 0.2) is 0 Å². The monoisotopic (exact) mass is 447 g/mol. The molecule has 3 atom stereocenters. The number of carbonyl (C=O) groups excluding carboxylic acids is 2. The molecule has 0 aromatic heterocycles. The minimum Gasteiger partial charge on any atom is -0.495 e. The van der Waals surface area contributed by atoms with E-state index in [1.54, 1.807) is 24.1 Å². The Bertz CT molecular complexity index is 1090. The Morgan fingerprint density at radius 1 is 1.21 bits per heavy atom. The van der Waals surface area contributed by atoms with E-state index in [0.29, 0.717) is 23.9 Å². The molecule has 2 saturated heterocycles. The normalized spacial score (nSPS) is 21.6. The fraction of sp³-hybridized carbons (Fsp3) is 0.385. The topological polar surface area (TPSA) is 82.1 Å². The minimum atomic E-state index is -0.349. The van der Waals surface area contributed by atoms with Crippen molar-refractivity contribution < 1.29 is 19.4 Å². The lowest BCUT2D eigenvalue weighted by atomic mass is 9.73. The Hall–Kier alpha value is -3.50. The molecule has 2 heterocycles. The number of aliphatic hydroxyl groups is 1. The van der Waals surface area contributed by atoms with Crippen molar-refractivity contribution in [2.24, 2.45) is 5.92 Å². The van der Waals surface area contributed by atoms with Crippen molar-refractivity contribution in [3.8, 4) is 17.6 Å². The molecule has 0 saturated carbocycles. The number of para-hydroxylation sites is 2. The number of nitrogens with zero attached hydrogens (tertiary/aromatic N) is 2. The summed E-state index contributed by atoms with van der Waals surface area (Å²) in [5.74, 6) is 6.95. The number of aliphatic hydroxyl groups excluding tert-OH is 1. The highest BCUT2D eigenvalue weighted by Gasteiger charge is 2.54. The molecular weight excluding hydrogens is 418 g/mol. The maximum atomic E-state index is 12.9. The third-order valence-corrected chi connectivity index (χ3v) is 6.19. The zero-order valence-corrected chi connectivity index (χ0v) is 19.1. The van der Waals surface area contributed by atoms with Crippen molar-refractivity contribution in [2.45, 2.75) is 31.8 Å². The third kappa shape index (κ3) is 4.53. The highest BCUT2D eigenvalue weighted by atomic mass is 16.5. The molecule has 2 aromatic rings. The average molecular weight is 448 g/mol. The van der Waals surface area contributed by atoms with Gasteiger partial charge >= 0.3 is 6.03 Å². The van der Waals surface area contributed by atoms with Crippen LogP contribution in [0.4, 0.5) is 10.5 Å². The van der Waals surface area contributed by atoms with Crippen LogP contribution < -0.4 is 10.1 Å². The highest BCUT2D eigenvalue weighted by molar-refractivity contribution is 5.94. The molecule has 7 heteroatoms. The van der Waals surface area contributed by atoms with E-state index < -0.39 is 0 Å². The van der Waals surface area contributed by atoms with E-state index in [2.05, 4.69) is 17.2 Å². The second-order valence-electron chi connectivity index (χ2n) is 8.70. The number of hydrogen-bond acceptors (Lipinski definition) is 4. The number of benzene rings is 2. The van der Waals surface area contributed by atoms with Crippen LogP contribution in [-0.4, -0.2) is 65.7 Å². The van der Waals surface area contributed by atoms with Crippen LogP contribution in [0.2, 0.25) is 0 Å². The van der Waals surface area contributed by atoms with E-state index in [1.165, 1.54) is 4.90 Å². The lowest BCUT2D eigenvalue weighted by Gasteiger charge is -2.58. The van der Waals surface area contributed by atoms with Crippen molar-refractivity contribution in [1.29, 1.82) is 0 Å². The third-order valence-electron chi connectivity index (χ3n) is 6.19. The summed E-state index contributed by atoms with van der Waals surface area (Å²) in [5.41, 5.74) is 2.52. The number of ether oxygens (including phenoxy) is 1. The SMILES string of the molecule is COc1ccccc1NC(=O)N1CC(=O)N2[C@H](CO)[C@H](c3ccc(C#CC(C)C)cc3)[C@@H]2C1. The number of nitrogens with one attached hydrogen (secondary N) is 1. The predicted octanol–water partition coefficient (Wildman–Crippen LogP) is 2.91. The number of anilines is 1. The van der Waals surface area contributed by atoms with Crippen LogP contribution >= 0.6 is 0 Å². The van der Waals surface area contributed by atoms with Gasteiger partial charge in [0, 0.05) is 23.9 Å². The average Bonchev–Trinajstić information content (AvgIpc) is 2.80. The number of rotatable bonds is 4. The van der Waals surface area contributed by atoms with Crippen LogP contribution in [0.1, 0.15) is 30.9 Å². The first kappa shape index (κ1) is 22.7. The molecule has 0 unspecified atom stereocenters. The van der Waals surface area contributed by atoms with Gasteiger partial charge in [-0.25, -0.2) is 4.79 Å². The summed E-state index contributed by atoms with van der Waals surface area (Å²) >= 11 is 0. The Kier molecular flexibility index (Phi) is 6.57. The van der Waals surface area contributed by atoms with Gasteiger partial charge in [0.1, 0.15) is 12.3 Å². The van der Waals surface area contributed by atoms with E-state index in [-0.39, 0.29) is 43.1 Å². The summed E-state index contributed by atoms with van der Waals surface area (Å²) in [6, 6.07) is 14.3. The molecule has 2 aliphatic rings. The first-order valence-electron chi connectivity index (χ1n) is 11.2. The largest absolute Gasteiger partial charge is 0.495 e. The standard InChI is InChI=1S/C26H29N3O4/c1-17(2)8-9-18-10-12-19(13-11-18)25-21-14-28(15-24(31)29(21)22(25)16-30)26(32)27-20-6-4-5-7-23(20)33-3/h4-7,10-13,17,21-22,25,30H,14-16H2,1-3H3,(H,27,32)/t21-,22+,25+/m0/s1. The first-order valence-corrected chi connectivity index (χ1v) is 11.2. The van der Waals surface area contributed by atoms with Crippen LogP contribution in [0.3, 0.4) is 0 Å². The molecule has 0 radical (unpaired) electrons. The maximum Gasteiger partial charge on any atom is 0.322 e. The zero-order chi connectivity index (χ0) is 23.5. The van der Waals surface area contributed by atoms with E-state index in [1.807, 2.05) is 50.2 Å². The summed E-state index contributed by atoms with van der Waals surface area (Å²) in [6.07, 6.45) is 0. The molecule has 2 N–H and O–H groups in total. The lowest BCUT2D eigenvalue weighted by Crippen LogP contribution is -2.73. The quantitative estimate of drug-likeness (QED) is 0.706. The molecule has 0 bridgehead atoms. The number of amides is 3. The lowest BCUT2D eigenvalue weighted by molar-refractivity contribution is -0.159. The van der Waals surface area contributed by atoms with Gasteiger partial charge in [-0.05, 0) is 29.8 Å². The van der Waals surface area contributed by atoms with Crippen LogP contribution in [0.15, 0.2) is 48.5 Å².